The molecule has 0 aliphatic carbocycles. The van der Waals surface area contributed by atoms with Crippen LogP contribution in [0.5, 0.6) is 12.0 Å². The van der Waals surface area contributed by atoms with Gasteiger partial charge < -0.3 is 19.9 Å². The molecule has 0 unspecified atom stereocenters. The SMILES string of the molecule is CCCCOc1nc(N)c2nc(OC(=O)OCC)n(Cc3ccc(Cl)nc3)c2n1. The Morgan fingerprint density at radius 1 is 1.24 bits per heavy atom. The fourth-order valence-corrected chi connectivity index (χ4v) is 2.59. The molecule has 3 rings (SSSR count). The summed E-state index contributed by atoms with van der Waals surface area (Å²) in [6.07, 6.45) is 2.54. The average molecular weight is 421 g/mol. The van der Waals surface area contributed by atoms with Crippen LogP contribution in [0.2, 0.25) is 5.15 Å². The van der Waals surface area contributed by atoms with Crippen molar-refractivity contribution in [1.82, 2.24) is 24.5 Å². The summed E-state index contributed by atoms with van der Waals surface area (Å²) in [5.74, 6) is 0.114. The minimum absolute atomic E-state index is 0.0277. The summed E-state index contributed by atoms with van der Waals surface area (Å²) >= 11 is 5.86. The number of fused-ring (bicyclic) bond motifs is 1. The van der Waals surface area contributed by atoms with Crippen LogP contribution in [0.15, 0.2) is 18.3 Å². The van der Waals surface area contributed by atoms with Crippen LogP contribution >= 0.6 is 11.6 Å². The number of ether oxygens (including phenoxy) is 3. The Labute approximate surface area is 172 Å². The maximum atomic E-state index is 11.8. The lowest BCUT2D eigenvalue weighted by Gasteiger charge is -2.09. The number of carbonyl (C=O) groups excluding carboxylic acids is 1. The van der Waals surface area contributed by atoms with Crippen molar-refractivity contribution in [3.05, 3.63) is 29.0 Å². The van der Waals surface area contributed by atoms with E-state index in [1.807, 2.05) is 0 Å². The second-order valence-electron chi connectivity index (χ2n) is 6.02. The summed E-state index contributed by atoms with van der Waals surface area (Å²) in [4.78, 5) is 28.7. The Morgan fingerprint density at radius 2 is 2.07 bits per heavy atom. The number of pyridine rings is 1. The molecule has 3 aromatic rings. The second kappa shape index (κ2) is 9.37. The number of aromatic nitrogens is 5. The van der Waals surface area contributed by atoms with E-state index in [1.165, 1.54) is 0 Å². The van der Waals surface area contributed by atoms with E-state index in [0.717, 1.165) is 18.4 Å². The van der Waals surface area contributed by atoms with Gasteiger partial charge >= 0.3 is 18.2 Å². The fraction of sp³-hybridized carbons (Fsp3) is 0.389. The Bertz CT molecular complexity index is 992. The summed E-state index contributed by atoms with van der Waals surface area (Å²) in [7, 11) is 0. The highest BCUT2D eigenvalue weighted by Crippen LogP contribution is 2.27. The Hall–Kier alpha value is -3.14. The minimum atomic E-state index is -0.885. The predicted molar refractivity (Wildman–Crippen MR) is 106 cm³/mol. The van der Waals surface area contributed by atoms with Crippen LogP contribution in [0, 0.1) is 0 Å². The number of hydrogen-bond acceptors (Lipinski definition) is 9. The summed E-state index contributed by atoms with van der Waals surface area (Å²) in [5.41, 5.74) is 7.47. The number of unbranched alkanes of at least 4 members (excludes halogenated alkanes) is 1. The molecule has 154 valence electrons. The Balaban J connectivity index is 2.03. The van der Waals surface area contributed by atoms with Gasteiger partial charge in [-0.3, -0.25) is 4.57 Å². The third-order valence-corrected chi connectivity index (χ3v) is 4.08. The van der Waals surface area contributed by atoms with Gasteiger partial charge in [0.15, 0.2) is 17.0 Å². The Kier molecular flexibility index (Phi) is 6.65. The first-order valence-electron chi connectivity index (χ1n) is 9.13. The number of hydrogen-bond donors (Lipinski definition) is 1. The van der Waals surface area contributed by atoms with Crippen molar-refractivity contribution < 1.29 is 19.0 Å². The maximum absolute atomic E-state index is 11.8. The van der Waals surface area contributed by atoms with E-state index >= 15 is 0 Å². The van der Waals surface area contributed by atoms with Crippen LogP contribution in [0.3, 0.4) is 0 Å². The highest BCUT2D eigenvalue weighted by Gasteiger charge is 2.21. The molecule has 11 heteroatoms. The molecule has 0 aliphatic rings. The number of carbonyl (C=O) groups is 1. The third-order valence-electron chi connectivity index (χ3n) is 3.86. The first kappa shape index (κ1) is 20.6. The fourth-order valence-electron chi connectivity index (χ4n) is 2.48. The first-order chi connectivity index (χ1) is 14.0. The molecule has 0 bridgehead atoms. The van der Waals surface area contributed by atoms with Crippen LogP contribution < -0.4 is 15.2 Å². The van der Waals surface area contributed by atoms with Gasteiger partial charge in [0.2, 0.25) is 0 Å². The molecule has 0 fully saturated rings. The molecule has 10 nitrogen and oxygen atoms in total. The van der Waals surface area contributed by atoms with Crippen molar-refractivity contribution in [3.63, 3.8) is 0 Å². The number of nitrogens with two attached hydrogens (primary N) is 1. The molecule has 0 spiro atoms. The van der Waals surface area contributed by atoms with Crippen molar-refractivity contribution in [2.75, 3.05) is 18.9 Å². The van der Waals surface area contributed by atoms with Crippen molar-refractivity contribution in [1.29, 1.82) is 0 Å². The second-order valence-corrected chi connectivity index (χ2v) is 6.41. The molecule has 0 saturated carbocycles. The monoisotopic (exact) mass is 420 g/mol. The lowest BCUT2D eigenvalue weighted by Crippen LogP contribution is -2.14. The lowest BCUT2D eigenvalue weighted by molar-refractivity contribution is 0.0995. The van der Waals surface area contributed by atoms with Gasteiger partial charge in [0.1, 0.15) is 5.15 Å². The van der Waals surface area contributed by atoms with E-state index in [2.05, 4.69) is 26.9 Å². The van der Waals surface area contributed by atoms with Gasteiger partial charge in [0.25, 0.3) is 0 Å². The normalized spacial score (nSPS) is 10.9. The summed E-state index contributed by atoms with van der Waals surface area (Å²) in [5, 5.41) is 0.366. The van der Waals surface area contributed by atoms with Crippen LogP contribution in [0.1, 0.15) is 32.3 Å². The van der Waals surface area contributed by atoms with Gasteiger partial charge in [-0.25, -0.2) is 9.78 Å². The first-order valence-corrected chi connectivity index (χ1v) is 9.51. The van der Waals surface area contributed by atoms with E-state index in [9.17, 15) is 4.79 Å². The highest BCUT2D eigenvalue weighted by atomic mass is 35.5. The molecule has 3 aromatic heterocycles. The van der Waals surface area contributed by atoms with E-state index in [1.54, 1.807) is 29.8 Å². The highest BCUT2D eigenvalue weighted by molar-refractivity contribution is 6.29. The standard InChI is InChI=1S/C18H21ClN6O4/c1-3-5-8-28-16-23-14(20)13-15(24-16)25(10-11-6-7-12(19)21-9-11)17(22-13)29-18(26)27-4-2/h6-7,9H,3-5,8,10H2,1-2H3,(H2,20,23,24). The molecule has 0 aliphatic heterocycles. The molecule has 0 aromatic carbocycles. The van der Waals surface area contributed by atoms with E-state index in [4.69, 9.17) is 31.5 Å². The van der Waals surface area contributed by atoms with Gasteiger partial charge in [-0.05, 0) is 25.0 Å². The van der Waals surface area contributed by atoms with E-state index < -0.39 is 6.16 Å². The third kappa shape index (κ3) is 5.02. The molecule has 0 saturated heterocycles. The van der Waals surface area contributed by atoms with Crippen LogP contribution in [0.25, 0.3) is 11.2 Å². The molecule has 2 N–H and O–H groups in total. The number of anilines is 1. The predicted octanol–water partition coefficient (Wildman–Crippen LogP) is 3.22. The number of rotatable bonds is 8. The van der Waals surface area contributed by atoms with Gasteiger partial charge in [-0.2, -0.15) is 15.0 Å². The van der Waals surface area contributed by atoms with Gasteiger partial charge in [0.05, 0.1) is 19.8 Å². The molecule has 0 amide bonds. The Morgan fingerprint density at radius 3 is 2.76 bits per heavy atom. The lowest BCUT2D eigenvalue weighted by atomic mass is 10.3. The number of nitrogens with zero attached hydrogens (tertiary/aromatic N) is 5. The topological polar surface area (TPSA) is 127 Å². The van der Waals surface area contributed by atoms with Gasteiger partial charge in [0, 0.05) is 6.20 Å². The van der Waals surface area contributed by atoms with E-state index in [0.29, 0.717) is 17.4 Å². The molecular weight excluding hydrogens is 400 g/mol. The molecular formula is C18H21ClN6O4. The quantitative estimate of drug-likeness (QED) is 0.331. The maximum Gasteiger partial charge on any atom is 0.516 e. The zero-order valence-corrected chi connectivity index (χ0v) is 16.8. The summed E-state index contributed by atoms with van der Waals surface area (Å²) in [6, 6.07) is 3.55. The molecule has 3 heterocycles. The number of halogens is 1. The van der Waals surface area contributed by atoms with Gasteiger partial charge in [-0.15, -0.1) is 0 Å². The van der Waals surface area contributed by atoms with Crippen molar-refractivity contribution in [3.8, 4) is 12.0 Å². The summed E-state index contributed by atoms with van der Waals surface area (Å²) in [6.45, 7) is 4.60. The van der Waals surface area contributed by atoms with E-state index in [-0.39, 0.29) is 36.5 Å². The minimum Gasteiger partial charge on any atom is -0.463 e. The largest absolute Gasteiger partial charge is 0.516 e. The van der Waals surface area contributed by atoms with Gasteiger partial charge in [-0.1, -0.05) is 31.0 Å². The van der Waals surface area contributed by atoms with Crippen molar-refractivity contribution in [2.45, 2.75) is 33.2 Å². The zero-order chi connectivity index (χ0) is 20.8. The number of imidazole rings is 1. The molecule has 0 atom stereocenters. The van der Waals surface area contributed by atoms with Crippen molar-refractivity contribution >= 4 is 34.7 Å². The summed E-state index contributed by atoms with van der Waals surface area (Å²) < 4.78 is 17.2. The average Bonchev–Trinajstić information content (AvgIpc) is 3.02. The smallest absolute Gasteiger partial charge is 0.463 e. The zero-order valence-electron chi connectivity index (χ0n) is 16.1. The van der Waals surface area contributed by atoms with Crippen LogP contribution in [0.4, 0.5) is 10.6 Å². The van der Waals surface area contributed by atoms with Crippen LogP contribution in [-0.4, -0.2) is 43.9 Å². The number of nitrogen functional groups attached to an aromatic ring is 1. The van der Waals surface area contributed by atoms with Crippen LogP contribution in [-0.2, 0) is 11.3 Å². The molecule has 29 heavy (non-hydrogen) atoms. The molecule has 0 radical (unpaired) electrons. The van der Waals surface area contributed by atoms with Crippen molar-refractivity contribution in [2.24, 2.45) is 0 Å².